The van der Waals surface area contributed by atoms with Gasteiger partial charge in [0.25, 0.3) is 0 Å². The summed E-state index contributed by atoms with van der Waals surface area (Å²) >= 11 is 0. The first-order chi connectivity index (χ1) is 20.5. The molecule has 7 rings (SSSR count). The van der Waals surface area contributed by atoms with Crippen molar-refractivity contribution in [2.45, 2.75) is 64.7 Å². The van der Waals surface area contributed by atoms with Gasteiger partial charge in [-0.15, -0.1) is 0 Å². The van der Waals surface area contributed by atoms with E-state index in [0.29, 0.717) is 5.92 Å². The summed E-state index contributed by atoms with van der Waals surface area (Å²) in [5.74, 6) is 5.46. The normalized spacial score (nSPS) is 31.9. The number of hydrogen-bond donors (Lipinski definition) is 0. The van der Waals surface area contributed by atoms with Crippen LogP contribution in [0.1, 0.15) is 85.6 Å². The van der Waals surface area contributed by atoms with Crippen LogP contribution in [0.25, 0.3) is 11.6 Å². The molecule has 7 unspecified atom stereocenters. The second-order valence-electron chi connectivity index (χ2n) is 13.9. The lowest BCUT2D eigenvalue weighted by atomic mass is 9.69. The zero-order valence-electron chi connectivity index (χ0n) is 25.6. The molecule has 4 aliphatic carbocycles. The van der Waals surface area contributed by atoms with Gasteiger partial charge in [-0.2, -0.15) is 0 Å². The van der Waals surface area contributed by atoms with E-state index in [0.717, 1.165) is 41.9 Å². The van der Waals surface area contributed by atoms with E-state index in [4.69, 9.17) is 0 Å². The van der Waals surface area contributed by atoms with Crippen LogP contribution >= 0.6 is 0 Å². The molecule has 0 bridgehead atoms. The quantitative estimate of drug-likeness (QED) is 0.219. The summed E-state index contributed by atoms with van der Waals surface area (Å²) in [4.78, 5) is 0. The van der Waals surface area contributed by atoms with Gasteiger partial charge < -0.3 is 0 Å². The lowest BCUT2D eigenvalue weighted by Crippen LogP contribution is -2.26. The Balaban J connectivity index is 1.14. The minimum absolute atomic E-state index is 0.459. The Hall–Kier alpha value is -3.38. The zero-order chi connectivity index (χ0) is 28.8. The first-order valence-corrected chi connectivity index (χ1v) is 16.5. The molecule has 0 heteroatoms. The molecule has 0 amide bonds. The van der Waals surface area contributed by atoms with Crippen molar-refractivity contribution >= 4 is 11.6 Å². The molecule has 3 aromatic carbocycles. The van der Waals surface area contributed by atoms with Crippen molar-refractivity contribution in [1.29, 1.82) is 0 Å². The molecule has 0 spiro atoms. The minimum Gasteiger partial charge on any atom is -0.0989 e. The van der Waals surface area contributed by atoms with E-state index in [1.165, 1.54) is 83.1 Å². The van der Waals surface area contributed by atoms with E-state index < -0.39 is 0 Å². The Bertz CT molecular complexity index is 1510. The molecule has 214 valence electrons. The van der Waals surface area contributed by atoms with Crippen LogP contribution in [0.5, 0.6) is 0 Å². The zero-order valence-corrected chi connectivity index (χ0v) is 25.6. The van der Waals surface area contributed by atoms with Gasteiger partial charge in [-0.1, -0.05) is 123 Å². The highest BCUT2D eigenvalue weighted by molar-refractivity contribution is 5.91. The third-order valence-corrected chi connectivity index (χ3v) is 11.6. The Morgan fingerprint density at radius 1 is 0.738 bits per heavy atom. The Labute approximate surface area is 254 Å². The van der Waals surface area contributed by atoms with Crippen molar-refractivity contribution in [3.05, 3.63) is 143 Å². The lowest BCUT2D eigenvalue weighted by molar-refractivity contribution is 0.185. The van der Waals surface area contributed by atoms with Gasteiger partial charge in [0.05, 0.1) is 0 Å². The van der Waals surface area contributed by atoms with Gasteiger partial charge in [0.15, 0.2) is 0 Å². The Morgan fingerprint density at radius 2 is 1.43 bits per heavy atom. The van der Waals surface area contributed by atoms with E-state index in [1.807, 2.05) is 0 Å². The summed E-state index contributed by atoms with van der Waals surface area (Å²) in [6.45, 7) is 13.2. The van der Waals surface area contributed by atoms with Crippen molar-refractivity contribution in [3.8, 4) is 0 Å². The number of allylic oxidation sites excluding steroid dienone is 4. The summed E-state index contributed by atoms with van der Waals surface area (Å²) in [6, 6.07) is 29.5. The van der Waals surface area contributed by atoms with Gasteiger partial charge >= 0.3 is 0 Å². The predicted octanol–water partition coefficient (Wildman–Crippen LogP) is 11.2. The van der Waals surface area contributed by atoms with E-state index >= 15 is 0 Å². The van der Waals surface area contributed by atoms with Crippen LogP contribution in [0.15, 0.2) is 115 Å². The average Bonchev–Trinajstić information content (AvgIpc) is 3.67. The fraction of sp³-hybridized carbons (Fsp3) is 0.381. The molecule has 0 nitrogen and oxygen atoms in total. The topological polar surface area (TPSA) is 0 Å². The maximum absolute atomic E-state index is 4.43. The van der Waals surface area contributed by atoms with Crippen LogP contribution in [-0.4, -0.2) is 0 Å². The third kappa shape index (κ3) is 5.08. The molecule has 3 aromatic rings. The number of benzene rings is 3. The highest BCUT2D eigenvalue weighted by Crippen LogP contribution is 2.63. The van der Waals surface area contributed by atoms with Crippen molar-refractivity contribution in [2.24, 2.45) is 35.5 Å². The van der Waals surface area contributed by atoms with Crippen molar-refractivity contribution in [2.75, 3.05) is 0 Å². The van der Waals surface area contributed by atoms with E-state index in [2.05, 4.69) is 118 Å². The molecule has 7 atom stereocenters. The van der Waals surface area contributed by atoms with Gasteiger partial charge in [0.1, 0.15) is 0 Å². The van der Waals surface area contributed by atoms with E-state index in [1.54, 1.807) is 5.56 Å². The molecule has 0 saturated heterocycles. The number of hydrogen-bond acceptors (Lipinski definition) is 0. The van der Waals surface area contributed by atoms with Gasteiger partial charge in [-0.3, -0.25) is 0 Å². The monoisotopic (exact) mass is 550 g/mol. The third-order valence-electron chi connectivity index (χ3n) is 11.6. The summed E-state index contributed by atoms with van der Waals surface area (Å²) in [5, 5.41) is 0. The molecule has 4 fully saturated rings. The predicted molar refractivity (Wildman–Crippen MR) is 179 cm³/mol. The summed E-state index contributed by atoms with van der Waals surface area (Å²) in [5.41, 5.74) is 12.2. The smallest absolute Gasteiger partial charge is 0.00173 e. The Kier molecular flexibility index (Phi) is 7.43. The molecule has 0 radical (unpaired) electrons. The van der Waals surface area contributed by atoms with Crippen molar-refractivity contribution < 1.29 is 0 Å². The highest BCUT2D eigenvalue weighted by atomic mass is 14.6. The molecule has 4 saturated carbocycles. The molecule has 0 aliphatic heterocycles. The van der Waals surface area contributed by atoms with Crippen LogP contribution < -0.4 is 0 Å². The number of aryl methyl sites for hydroxylation is 1. The SMILES string of the molecule is C=C1CC(=CC2CCC3C(C2)C2CCCC2C3c2ccc(C=C(c3ccccc3)c3ccc(C)cc3)cc2)C(=C)C1C. The van der Waals surface area contributed by atoms with Crippen LogP contribution in [0.2, 0.25) is 0 Å². The van der Waals surface area contributed by atoms with Gasteiger partial charge in [0.2, 0.25) is 0 Å². The maximum Gasteiger partial charge on any atom is 0.00173 e. The van der Waals surface area contributed by atoms with Crippen LogP contribution in [0.4, 0.5) is 0 Å². The fourth-order valence-corrected chi connectivity index (χ4v) is 9.31. The fourth-order valence-electron chi connectivity index (χ4n) is 9.31. The summed E-state index contributed by atoms with van der Waals surface area (Å²) in [7, 11) is 0. The first kappa shape index (κ1) is 27.5. The average molecular weight is 551 g/mol. The van der Waals surface area contributed by atoms with Gasteiger partial charge in [-0.05, 0) is 126 Å². The molecule has 42 heavy (non-hydrogen) atoms. The largest absolute Gasteiger partial charge is 0.0989 e. The molecule has 4 aliphatic rings. The maximum atomic E-state index is 4.43. The second-order valence-corrected chi connectivity index (χ2v) is 13.9. The van der Waals surface area contributed by atoms with Gasteiger partial charge in [-0.25, -0.2) is 0 Å². The summed E-state index contributed by atoms with van der Waals surface area (Å²) in [6.07, 6.45) is 14.5. The van der Waals surface area contributed by atoms with E-state index in [-0.39, 0.29) is 0 Å². The standard InChI is InChI=1S/C42H46/c1-27-13-18-34(19-14-27)40(33-9-6-5-7-10-33)25-31-15-20-35(21-16-31)42-38-12-8-11-37(38)41-26-32(17-22-39(41)42)24-36-23-28(2)29(3)30(36)4/h5-7,9-10,13-16,18-21,24-25,29,32,37-39,41-42H,2,4,8,11-12,17,22-23,26H2,1,3H3. The number of fused-ring (bicyclic) bond motifs is 3. The van der Waals surface area contributed by atoms with Crippen LogP contribution in [-0.2, 0) is 0 Å². The molecule has 0 N–H and O–H groups in total. The lowest BCUT2D eigenvalue weighted by Gasteiger charge is -2.36. The van der Waals surface area contributed by atoms with Crippen LogP contribution in [0.3, 0.4) is 0 Å². The van der Waals surface area contributed by atoms with Gasteiger partial charge in [0, 0.05) is 5.92 Å². The van der Waals surface area contributed by atoms with Crippen molar-refractivity contribution in [1.82, 2.24) is 0 Å². The van der Waals surface area contributed by atoms with Crippen LogP contribution in [0, 0.1) is 42.4 Å². The highest BCUT2D eigenvalue weighted by Gasteiger charge is 2.53. The Morgan fingerprint density at radius 3 is 2.14 bits per heavy atom. The molecular formula is C42H46. The molecule has 0 heterocycles. The summed E-state index contributed by atoms with van der Waals surface area (Å²) < 4.78 is 0. The molecule has 0 aromatic heterocycles. The molecular weight excluding hydrogens is 504 g/mol. The minimum atomic E-state index is 0.459. The van der Waals surface area contributed by atoms with E-state index in [9.17, 15) is 0 Å². The second kappa shape index (κ2) is 11.4. The first-order valence-electron chi connectivity index (χ1n) is 16.5. The van der Waals surface area contributed by atoms with Crippen molar-refractivity contribution in [3.63, 3.8) is 0 Å². The number of rotatable bonds is 5.